The zero-order valence-electron chi connectivity index (χ0n) is 17.5. The lowest BCUT2D eigenvalue weighted by Crippen LogP contribution is -2.62. The molecule has 9 nitrogen and oxygen atoms in total. The van der Waals surface area contributed by atoms with Crippen molar-refractivity contribution in [1.82, 2.24) is 0 Å². The standard InChI is InChI=1S/C21H29O9P/c1-19-7-5-12(22)9-11(19)3-4-13-14-6-8-21(26,17(24)18(25)30-31(27,28)29)20(14,2)10-15(23)16(13)19/h5,7,9,13-16,18,23,25-26H,3-4,6,8,10H2,1-2H3,(H2,27,28,29)/t13-,14-,15?,16+,18?,19-,20-,21-/m0/s1. The van der Waals surface area contributed by atoms with Crippen molar-refractivity contribution >= 4 is 19.4 Å². The van der Waals surface area contributed by atoms with Gasteiger partial charge in [0.1, 0.15) is 5.60 Å². The van der Waals surface area contributed by atoms with Crippen molar-refractivity contribution in [3.05, 3.63) is 23.8 Å². The van der Waals surface area contributed by atoms with E-state index in [2.05, 4.69) is 4.52 Å². The van der Waals surface area contributed by atoms with E-state index in [1.54, 1.807) is 13.0 Å². The second kappa shape index (κ2) is 7.15. The Kier molecular flexibility index (Phi) is 5.30. The number of phosphoric acid groups is 1. The van der Waals surface area contributed by atoms with Gasteiger partial charge in [-0.2, -0.15) is 0 Å². The number of carbonyl (C=O) groups excluding carboxylic acids is 2. The highest BCUT2D eigenvalue weighted by Gasteiger charge is 2.69. The van der Waals surface area contributed by atoms with Crippen LogP contribution in [0, 0.1) is 28.6 Å². The van der Waals surface area contributed by atoms with Crippen LogP contribution in [0.25, 0.3) is 0 Å². The summed E-state index contributed by atoms with van der Waals surface area (Å²) in [5, 5.41) is 32.6. The SMILES string of the molecule is C[C@]12C=CC(=O)C=C1CC[C@@H]1[C@@H]2C(O)C[C@@]2(C)[C@H]1CC[C@]2(O)C(=O)C(O)OP(=O)(O)O. The summed E-state index contributed by atoms with van der Waals surface area (Å²) in [4.78, 5) is 42.6. The number of phosphoric ester groups is 1. The lowest BCUT2D eigenvalue weighted by Gasteiger charge is -2.59. The van der Waals surface area contributed by atoms with Crippen LogP contribution in [-0.2, 0) is 18.7 Å². The lowest BCUT2D eigenvalue weighted by molar-refractivity contribution is -0.193. The first-order valence-electron chi connectivity index (χ1n) is 10.5. The van der Waals surface area contributed by atoms with Gasteiger partial charge in [0.25, 0.3) is 0 Å². The first kappa shape index (κ1) is 23.0. The Morgan fingerprint density at radius 2 is 1.97 bits per heavy atom. The van der Waals surface area contributed by atoms with Crippen LogP contribution in [0.1, 0.15) is 46.0 Å². The number of rotatable bonds is 4. The molecule has 0 aliphatic heterocycles. The summed E-state index contributed by atoms with van der Waals surface area (Å²) >= 11 is 0. The maximum Gasteiger partial charge on any atom is 0.472 e. The molecule has 0 spiro atoms. The molecule has 4 aliphatic rings. The van der Waals surface area contributed by atoms with Gasteiger partial charge in [0, 0.05) is 16.7 Å². The zero-order chi connectivity index (χ0) is 23.0. The molecule has 4 aliphatic carbocycles. The summed E-state index contributed by atoms with van der Waals surface area (Å²) in [7, 11) is -5.14. The van der Waals surface area contributed by atoms with Gasteiger partial charge in [-0.25, -0.2) is 9.09 Å². The van der Waals surface area contributed by atoms with Gasteiger partial charge in [0.05, 0.1) is 6.10 Å². The van der Waals surface area contributed by atoms with Gasteiger partial charge in [-0.15, -0.1) is 0 Å². The number of allylic oxidation sites excluding steroid dienone is 4. The minimum atomic E-state index is -5.14. The Balaban J connectivity index is 1.67. The predicted molar refractivity (Wildman–Crippen MR) is 107 cm³/mol. The van der Waals surface area contributed by atoms with E-state index in [0.717, 1.165) is 5.57 Å². The van der Waals surface area contributed by atoms with Crippen LogP contribution in [0.3, 0.4) is 0 Å². The fourth-order valence-electron chi connectivity index (χ4n) is 7.12. The topological polar surface area (TPSA) is 162 Å². The smallest absolute Gasteiger partial charge is 0.393 e. The molecule has 3 fully saturated rings. The summed E-state index contributed by atoms with van der Waals surface area (Å²) in [6.07, 6.45) is 3.57. The van der Waals surface area contributed by atoms with Crippen molar-refractivity contribution in [1.29, 1.82) is 0 Å². The third-order valence-electron chi connectivity index (χ3n) is 8.52. The van der Waals surface area contributed by atoms with Crippen LogP contribution in [0.15, 0.2) is 23.8 Å². The zero-order valence-corrected chi connectivity index (χ0v) is 18.4. The number of carbonyl (C=O) groups is 2. The number of aliphatic hydroxyl groups excluding tert-OH is 2. The van der Waals surface area contributed by atoms with E-state index in [4.69, 9.17) is 9.79 Å². The van der Waals surface area contributed by atoms with Gasteiger partial charge in [-0.1, -0.05) is 25.5 Å². The minimum Gasteiger partial charge on any atom is -0.393 e. The molecule has 31 heavy (non-hydrogen) atoms. The van der Waals surface area contributed by atoms with Crippen LogP contribution in [-0.4, -0.2) is 54.7 Å². The van der Waals surface area contributed by atoms with Crippen molar-refractivity contribution in [2.45, 2.75) is 63.9 Å². The second-order valence-corrected chi connectivity index (χ2v) is 11.1. The summed E-state index contributed by atoms with van der Waals surface area (Å²) in [6.45, 7) is 3.70. The Morgan fingerprint density at radius 1 is 1.29 bits per heavy atom. The largest absolute Gasteiger partial charge is 0.472 e. The van der Waals surface area contributed by atoms with Crippen LogP contribution in [0.2, 0.25) is 0 Å². The van der Waals surface area contributed by atoms with Gasteiger partial charge >= 0.3 is 7.82 Å². The summed E-state index contributed by atoms with van der Waals surface area (Å²) < 4.78 is 15.2. The highest BCUT2D eigenvalue weighted by atomic mass is 31.2. The molecule has 0 aromatic heterocycles. The van der Waals surface area contributed by atoms with Gasteiger partial charge in [0.2, 0.25) is 12.1 Å². The molecule has 3 saturated carbocycles. The lowest BCUT2D eigenvalue weighted by atomic mass is 9.46. The fourth-order valence-corrected chi connectivity index (χ4v) is 7.47. The number of ketones is 2. The van der Waals surface area contributed by atoms with Crippen LogP contribution >= 0.6 is 7.82 Å². The Hall–Kier alpha value is -1.19. The van der Waals surface area contributed by atoms with E-state index < -0.39 is 42.4 Å². The molecule has 4 rings (SSSR count). The Bertz CT molecular complexity index is 922. The number of fused-ring (bicyclic) bond motifs is 5. The molecular weight excluding hydrogens is 427 g/mol. The molecule has 0 radical (unpaired) electrons. The monoisotopic (exact) mass is 456 g/mol. The van der Waals surface area contributed by atoms with Crippen molar-refractivity contribution in [2.75, 3.05) is 0 Å². The van der Waals surface area contributed by atoms with Gasteiger partial charge in [0.15, 0.2) is 5.78 Å². The van der Waals surface area contributed by atoms with E-state index >= 15 is 0 Å². The van der Waals surface area contributed by atoms with Crippen LogP contribution in [0.4, 0.5) is 0 Å². The Morgan fingerprint density at radius 3 is 2.61 bits per heavy atom. The molecule has 0 aromatic carbocycles. The molecule has 0 aromatic rings. The number of aliphatic hydroxyl groups is 3. The molecule has 172 valence electrons. The average Bonchev–Trinajstić information content (AvgIpc) is 2.91. The van der Waals surface area contributed by atoms with Gasteiger partial charge in [-0.3, -0.25) is 9.59 Å². The third kappa shape index (κ3) is 3.33. The first-order chi connectivity index (χ1) is 14.2. The molecule has 5 N–H and O–H groups in total. The molecule has 2 unspecified atom stereocenters. The van der Waals surface area contributed by atoms with E-state index in [1.165, 1.54) is 6.08 Å². The fraction of sp³-hybridized carbons (Fsp3) is 0.714. The summed E-state index contributed by atoms with van der Waals surface area (Å²) in [5.41, 5.74) is -2.70. The van der Waals surface area contributed by atoms with Crippen molar-refractivity contribution in [3.63, 3.8) is 0 Å². The van der Waals surface area contributed by atoms with Crippen LogP contribution < -0.4 is 0 Å². The van der Waals surface area contributed by atoms with Crippen molar-refractivity contribution < 1.29 is 43.8 Å². The van der Waals surface area contributed by atoms with Crippen molar-refractivity contribution in [3.8, 4) is 0 Å². The first-order valence-corrected chi connectivity index (χ1v) is 12.1. The molecule has 0 amide bonds. The number of Topliss-reactive ketones (excluding diaryl/α,β-unsaturated/α-hetero) is 1. The second-order valence-electron chi connectivity index (χ2n) is 9.92. The summed E-state index contributed by atoms with van der Waals surface area (Å²) in [6, 6.07) is 0. The maximum atomic E-state index is 12.9. The van der Waals surface area contributed by atoms with E-state index in [-0.39, 0.29) is 36.4 Å². The summed E-state index contributed by atoms with van der Waals surface area (Å²) in [5.74, 6) is -1.64. The molecular formula is C21H29O9P. The van der Waals surface area contributed by atoms with Crippen LogP contribution in [0.5, 0.6) is 0 Å². The number of hydrogen-bond acceptors (Lipinski definition) is 7. The molecule has 0 saturated heterocycles. The van der Waals surface area contributed by atoms with Gasteiger partial charge in [-0.05, 0) is 56.1 Å². The predicted octanol–water partition coefficient (Wildman–Crippen LogP) is 0.993. The van der Waals surface area contributed by atoms with Gasteiger partial charge < -0.3 is 25.1 Å². The van der Waals surface area contributed by atoms with Crippen molar-refractivity contribution in [2.24, 2.45) is 28.6 Å². The highest BCUT2D eigenvalue weighted by Crippen LogP contribution is 2.67. The number of hydrogen-bond donors (Lipinski definition) is 5. The molecule has 0 heterocycles. The maximum absolute atomic E-state index is 12.9. The molecule has 10 heteroatoms. The third-order valence-corrected chi connectivity index (χ3v) is 8.99. The minimum absolute atomic E-state index is 0.00173. The van der Waals surface area contributed by atoms with E-state index in [1.807, 2.05) is 13.0 Å². The molecule has 8 atom stereocenters. The quantitative estimate of drug-likeness (QED) is 0.307. The van der Waals surface area contributed by atoms with E-state index in [9.17, 15) is 29.5 Å². The van der Waals surface area contributed by atoms with E-state index in [0.29, 0.717) is 19.3 Å². The molecule has 0 bridgehead atoms. The Labute approximate surface area is 180 Å². The normalized spacial score (nSPS) is 45.4. The highest BCUT2D eigenvalue weighted by molar-refractivity contribution is 7.46. The average molecular weight is 456 g/mol.